The van der Waals surface area contributed by atoms with Crippen LogP contribution in [0.5, 0.6) is 11.5 Å². The first-order valence-corrected chi connectivity index (χ1v) is 11.8. The lowest BCUT2D eigenvalue weighted by Crippen LogP contribution is -2.37. The zero-order valence-corrected chi connectivity index (χ0v) is 20.9. The first-order chi connectivity index (χ1) is 17.8. The maximum atomic E-state index is 13.8. The van der Waals surface area contributed by atoms with E-state index in [9.17, 15) is 39.9 Å². The third-order valence-electron chi connectivity index (χ3n) is 5.91. The number of halogens is 8. The monoisotopic (exact) mass is 568 g/mol. The van der Waals surface area contributed by atoms with Gasteiger partial charge in [0.25, 0.3) is 0 Å². The Morgan fingerprint density at radius 3 is 2.08 bits per heavy atom. The van der Waals surface area contributed by atoms with Crippen LogP contribution in [-0.4, -0.2) is 24.5 Å². The van der Waals surface area contributed by atoms with Crippen LogP contribution in [0.2, 0.25) is 0 Å². The average molecular weight is 568 g/mol. The van der Waals surface area contributed by atoms with Gasteiger partial charge in [0.1, 0.15) is 5.60 Å². The average Bonchev–Trinajstić information content (AvgIpc) is 2.96. The maximum Gasteiger partial charge on any atom is 0.586 e. The Kier molecular flexibility index (Phi) is 7.15. The van der Waals surface area contributed by atoms with Crippen LogP contribution < -0.4 is 19.7 Å². The summed E-state index contributed by atoms with van der Waals surface area (Å²) >= 11 is 0. The summed E-state index contributed by atoms with van der Waals surface area (Å²) < 4.78 is 122. The Bertz CT molecular complexity index is 1220. The van der Waals surface area contributed by atoms with Crippen LogP contribution in [0.4, 0.5) is 45.6 Å². The molecule has 0 saturated carbocycles. The van der Waals surface area contributed by atoms with Crippen LogP contribution in [0.25, 0.3) is 0 Å². The molecule has 1 amide bonds. The van der Waals surface area contributed by atoms with Crippen molar-refractivity contribution in [1.29, 1.82) is 0 Å². The topological polar surface area (TPSA) is 60.0 Å². The molecule has 0 fully saturated rings. The van der Waals surface area contributed by atoms with E-state index in [0.29, 0.717) is 18.6 Å². The molecule has 39 heavy (non-hydrogen) atoms. The van der Waals surface area contributed by atoms with Crippen LogP contribution in [0.1, 0.15) is 61.9 Å². The molecule has 2 heterocycles. The number of rotatable bonds is 3. The number of nitrogens with zero attached hydrogens (tertiary/aromatic N) is 1. The third kappa shape index (κ3) is 6.65. The largest absolute Gasteiger partial charge is 0.586 e. The number of fused-ring (bicyclic) bond motifs is 2. The van der Waals surface area contributed by atoms with Crippen molar-refractivity contribution in [3.8, 4) is 11.5 Å². The van der Waals surface area contributed by atoms with Crippen molar-refractivity contribution in [2.24, 2.45) is 0 Å². The van der Waals surface area contributed by atoms with Gasteiger partial charge in [-0.25, -0.2) is 4.79 Å². The highest BCUT2D eigenvalue weighted by Crippen LogP contribution is 2.47. The predicted molar refractivity (Wildman–Crippen MR) is 121 cm³/mol. The van der Waals surface area contributed by atoms with E-state index < -0.39 is 54.1 Å². The number of nitrogens with one attached hydrogen (secondary N) is 1. The van der Waals surface area contributed by atoms with Crippen LogP contribution in [0, 0.1) is 0 Å². The molecule has 4 rings (SSSR count). The molecule has 6 nitrogen and oxygen atoms in total. The molecule has 0 unspecified atom stereocenters. The molecule has 2 aliphatic heterocycles. The molecule has 1 atom stereocenters. The summed E-state index contributed by atoms with van der Waals surface area (Å²) in [6.07, 6.45) is -14.2. The van der Waals surface area contributed by atoms with Gasteiger partial charge in [-0.3, -0.25) is 4.90 Å². The van der Waals surface area contributed by atoms with Gasteiger partial charge in [0.15, 0.2) is 11.5 Å². The predicted octanol–water partition coefficient (Wildman–Crippen LogP) is 7.41. The highest BCUT2D eigenvalue weighted by molar-refractivity contribution is 5.90. The fraction of sp³-hybridized carbons (Fsp3) is 0.480. The lowest BCUT2D eigenvalue weighted by Gasteiger charge is -2.28. The van der Waals surface area contributed by atoms with Crippen molar-refractivity contribution < 1.29 is 54.1 Å². The van der Waals surface area contributed by atoms with E-state index in [2.05, 4.69) is 14.8 Å². The molecule has 0 radical (unpaired) electrons. The van der Waals surface area contributed by atoms with Crippen LogP contribution in [-0.2, 0) is 23.6 Å². The van der Waals surface area contributed by atoms with Gasteiger partial charge < -0.3 is 19.5 Å². The molecule has 2 aromatic carbocycles. The number of alkyl halides is 8. The van der Waals surface area contributed by atoms with Crippen molar-refractivity contribution >= 4 is 11.8 Å². The molecular weight excluding hydrogens is 544 g/mol. The molecule has 1 N–H and O–H groups in total. The van der Waals surface area contributed by atoms with E-state index >= 15 is 0 Å². The first kappa shape index (κ1) is 28.7. The van der Waals surface area contributed by atoms with E-state index in [0.717, 1.165) is 0 Å². The fourth-order valence-corrected chi connectivity index (χ4v) is 4.32. The fourth-order valence-electron chi connectivity index (χ4n) is 4.32. The number of hydrogen-bond acceptors (Lipinski definition) is 5. The van der Waals surface area contributed by atoms with Crippen molar-refractivity contribution in [2.45, 2.75) is 70.4 Å². The smallest absolute Gasteiger partial charge is 0.443 e. The zero-order chi connectivity index (χ0) is 29.0. The second-order valence-electron chi connectivity index (χ2n) is 10.1. The second kappa shape index (κ2) is 9.72. The number of hydrogen-bond donors (Lipinski definition) is 1. The number of carbonyl (C=O) groups excluding carboxylic acids is 1. The van der Waals surface area contributed by atoms with Crippen LogP contribution in [0.3, 0.4) is 0 Å². The minimum absolute atomic E-state index is 0.0317. The third-order valence-corrected chi connectivity index (χ3v) is 5.91. The molecule has 0 aromatic heterocycles. The van der Waals surface area contributed by atoms with Crippen molar-refractivity contribution in [3.63, 3.8) is 0 Å². The van der Waals surface area contributed by atoms with Crippen LogP contribution in [0.15, 0.2) is 30.3 Å². The summed E-state index contributed by atoms with van der Waals surface area (Å²) in [5.41, 5.74) is -3.72. The Morgan fingerprint density at radius 2 is 1.54 bits per heavy atom. The van der Waals surface area contributed by atoms with Crippen molar-refractivity contribution in [1.82, 2.24) is 5.32 Å². The summed E-state index contributed by atoms with van der Waals surface area (Å²) in [5.74, 6) is -0.685. The van der Waals surface area contributed by atoms with E-state index in [1.807, 2.05) is 0 Å². The molecular formula is C25H24F8N2O4. The highest BCUT2D eigenvalue weighted by atomic mass is 19.4. The maximum absolute atomic E-state index is 13.8. The lowest BCUT2D eigenvalue weighted by molar-refractivity contribution is -0.286. The van der Waals surface area contributed by atoms with Gasteiger partial charge in [-0.1, -0.05) is 0 Å². The SMILES string of the molecule is CC(C)(C)OC(=O)N1CCC[C@H](NCc2cc(C(F)(F)F)cc(C(F)(F)F)c2)c2cc3c(cc21)OC(F)(F)O3. The Balaban J connectivity index is 1.70. The quantitative estimate of drug-likeness (QED) is 0.391. The van der Waals surface area contributed by atoms with Crippen molar-refractivity contribution in [3.05, 3.63) is 52.6 Å². The van der Waals surface area contributed by atoms with Gasteiger partial charge in [0.2, 0.25) is 0 Å². The minimum atomic E-state index is -5.01. The highest BCUT2D eigenvalue weighted by Gasteiger charge is 2.45. The Morgan fingerprint density at radius 1 is 0.974 bits per heavy atom. The molecule has 0 spiro atoms. The van der Waals surface area contributed by atoms with Gasteiger partial charge >= 0.3 is 24.7 Å². The van der Waals surface area contributed by atoms with Gasteiger partial charge in [0, 0.05) is 25.2 Å². The second-order valence-corrected chi connectivity index (χ2v) is 10.1. The number of benzene rings is 2. The minimum Gasteiger partial charge on any atom is -0.443 e. The standard InChI is InChI=1S/C25H24F8N2O4/c1-22(2,3)39-21(36)35-6-4-5-17(16-10-19-20(11-18(16)35)38-25(32,33)37-19)34-12-13-7-14(23(26,27)28)9-15(8-13)24(29,30)31/h7-11,17,34H,4-6,12H2,1-3H3/t17-/m0/s1. The molecule has 0 aliphatic carbocycles. The Labute approximate surface area is 217 Å². The summed E-state index contributed by atoms with van der Waals surface area (Å²) in [7, 11) is 0. The normalized spacial score (nSPS) is 18.9. The van der Waals surface area contributed by atoms with E-state index in [1.54, 1.807) is 20.8 Å². The van der Waals surface area contributed by atoms with Gasteiger partial charge in [0.05, 0.1) is 16.8 Å². The van der Waals surface area contributed by atoms with E-state index in [4.69, 9.17) is 4.74 Å². The lowest BCUT2D eigenvalue weighted by atomic mass is 9.99. The zero-order valence-electron chi connectivity index (χ0n) is 20.9. The van der Waals surface area contributed by atoms with Gasteiger partial charge in [-0.2, -0.15) is 26.3 Å². The van der Waals surface area contributed by atoms with Crippen LogP contribution >= 0.6 is 0 Å². The summed E-state index contributed by atoms with van der Waals surface area (Å²) in [6.45, 7) is 4.58. The van der Waals surface area contributed by atoms with E-state index in [-0.39, 0.29) is 47.3 Å². The summed E-state index contributed by atoms with van der Waals surface area (Å²) in [4.78, 5) is 14.2. The number of ether oxygens (including phenoxy) is 3. The molecule has 0 bridgehead atoms. The van der Waals surface area contributed by atoms with Gasteiger partial charge in [-0.15, -0.1) is 8.78 Å². The molecule has 2 aromatic rings. The number of amides is 1. The molecule has 0 saturated heterocycles. The molecule has 214 valence electrons. The number of carbonyl (C=O) groups is 1. The number of anilines is 1. The molecule has 14 heteroatoms. The van der Waals surface area contributed by atoms with Gasteiger partial charge in [-0.05, 0) is 69.0 Å². The summed E-state index contributed by atoms with van der Waals surface area (Å²) in [5, 5.41) is 2.91. The van der Waals surface area contributed by atoms with Crippen molar-refractivity contribution in [2.75, 3.05) is 11.4 Å². The first-order valence-electron chi connectivity index (χ1n) is 11.8. The Hall–Kier alpha value is -3.29. The molecule has 2 aliphatic rings. The van der Waals surface area contributed by atoms with E-state index in [1.165, 1.54) is 17.0 Å². The summed E-state index contributed by atoms with van der Waals surface area (Å²) in [6, 6.07) is 2.85.